The second kappa shape index (κ2) is 12.6. The van der Waals surface area contributed by atoms with E-state index in [2.05, 4.69) is 10.5 Å². The van der Waals surface area contributed by atoms with Gasteiger partial charge >= 0.3 is 0 Å². The summed E-state index contributed by atoms with van der Waals surface area (Å²) in [5.41, 5.74) is 4.83. The molecule has 3 aromatic carbocycles. The van der Waals surface area contributed by atoms with Gasteiger partial charge in [-0.05, 0) is 81.3 Å². The Morgan fingerprint density at radius 1 is 1.00 bits per heavy atom. The smallest absolute Gasteiger partial charge is 0.264 e. The van der Waals surface area contributed by atoms with Gasteiger partial charge in [0.15, 0.2) is 11.5 Å². The first-order chi connectivity index (χ1) is 17.7. The van der Waals surface area contributed by atoms with Crippen molar-refractivity contribution in [3.8, 4) is 11.5 Å². The summed E-state index contributed by atoms with van der Waals surface area (Å²) in [5, 5.41) is 4.39. The van der Waals surface area contributed by atoms with Crippen molar-refractivity contribution in [1.82, 2.24) is 5.43 Å². The highest BCUT2D eigenvalue weighted by Gasteiger charge is 2.28. The molecule has 3 rings (SSSR count). The summed E-state index contributed by atoms with van der Waals surface area (Å²) in [5.74, 6) is 0.549. The van der Waals surface area contributed by atoms with Gasteiger partial charge in [-0.25, -0.2) is 13.8 Å². The van der Waals surface area contributed by atoms with E-state index < -0.39 is 22.5 Å². The van der Waals surface area contributed by atoms with Gasteiger partial charge < -0.3 is 9.47 Å². The van der Waals surface area contributed by atoms with Crippen molar-refractivity contribution < 1.29 is 22.7 Å². The number of benzene rings is 3. The Labute approximate surface area is 222 Å². The van der Waals surface area contributed by atoms with Crippen LogP contribution >= 0.6 is 11.6 Å². The maximum absolute atomic E-state index is 13.6. The van der Waals surface area contributed by atoms with Crippen molar-refractivity contribution in [2.75, 3.05) is 24.1 Å². The molecule has 196 valence electrons. The third-order valence-corrected chi connectivity index (χ3v) is 7.56. The molecule has 0 heterocycles. The van der Waals surface area contributed by atoms with E-state index in [1.807, 2.05) is 20.8 Å². The predicted octanol–water partition coefficient (Wildman–Crippen LogP) is 5.10. The number of ether oxygens (including phenoxy) is 2. The van der Waals surface area contributed by atoms with Crippen LogP contribution < -0.4 is 19.2 Å². The van der Waals surface area contributed by atoms with Crippen molar-refractivity contribution in [3.63, 3.8) is 0 Å². The van der Waals surface area contributed by atoms with Crippen LogP contribution in [0.4, 0.5) is 5.69 Å². The summed E-state index contributed by atoms with van der Waals surface area (Å²) in [4.78, 5) is 12.9. The second-order valence-electron chi connectivity index (χ2n) is 8.07. The van der Waals surface area contributed by atoms with Crippen LogP contribution in [0.15, 0.2) is 70.7 Å². The van der Waals surface area contributed by atoms with Gasteiger partial charge in [-0.3, -0.25) is 9.10 Å². The minimum absolute atomic E-state index is 0.0617. The fourth-order valence-corrected chi connectivity index (χ4v) is 5.14. The largest absolute Gasteiger partial charge is 0.490 e. The molecule has 0 saturated carbocycles. The zero-order chi connectivity index (χ0) is 27.0. The maximum atomic E-state index is 13.6. The van der Waals surface area contributed by atoms with E-state index in [9.17, 15) is 13.2 Å². The molecule has 0 spiro atoms. The van der Waals surface area contributed by atoms with Crippen LogP contribution in [0, 0.1) is 13.8 Å². The number of nitrogens with one attached hydrogen (secondary N) is 1. The lowest BCUT2D eigenvalue weighted by Crippen LogP contribution is -2.40. The van der Waals surface area contributed by atoms with Crippen molar-refractivity contribution in [2.45, 2.75) is 32.6 Å². The van der Waals surface area contributed by atoms with Crippen LogP contribution in [0.3, 0.4) is 0 Å². The normalized spacial score (nSPS) is 11.4. The highest BCUT2D eigenvalue weighted by molar-refractivity contribution is 7.92. The molecule has 0 aliphatic heterocycles. The molecular formula is C27H30ClN3O5S. The number of rotatable bonds is 11. The molecule has 0 aliphatic rings. The predicted molar refractivity (Wildman–Crippen MR) is 146 cm³/mol. The number of sulfonamides is 1. The lowest BCUT2D eigenvalue weighted by Gasteiger charge is -2.25. The first-order valence-corrected chi connectivity index (χ1v) is 13.5. The van der Waals surface area contributed by atoms with Crippen LogP contribution in [0.5, 0.6) is 11.5 Å². The lowest BCUT2D eigenvalue weighted by atomic mass is 10.2. The summed E-state index contributed by atoms with van der Waals surface area (Å²) < 4.78 is 39.3. The van der Waals surface area contributed by atoms with Gasteiger partial charge in [-0.15, -0.1) is 0 Å². The van der Waals surface area contributed by atoms with Crippen molar-refractivity contribution in [2.24, 2.45) is 5.10 Å². The first kappa shape index (κ1) is 28.0. The molecular weight excluding hydrogens is 514 g/mol. The van der Waals surface area contributed by atoms with Gasteiger partial charge in [0.1, 0.15) is 6.54 Å². The molecule has 0 aliphatic carbocycles. The summed E-state index contributed by atoms with van der Waals surface area (Å²) >= 11 is 6.26. The van der Waals surface area contributed by atoms with Crippen LogP contribution in [0.1, 0.15) is 30.5 Å². The van der Waals surface area contributed by atoms with E-state index >= 15 is 0 Å². The SMILES string of the molecule is CCOc1ccc(/C=N\NC(=O)CN(c2cccc(Cl)c2C)S(=O)(=O)c2ccc(C)cc2)cc1OCC. The maximum Gasteiger partial charge on any atom is 0.264 e. The summed E-state index contributed by atoms with van der Waals surface area (Å²) in [7, 11) is -4.07. The van der Waals surface area contributed by atoms with Gasteiger partial charge in [0.2, 0.25) is 0 Å². The number of carbonyl (C=O) groups is 1. The summed E-state index contributed by atoms with van der Waals surface area (Å²) in [6, 6.07) is 16.6. The molecule has 3 aromatic rings. The van der Waals surface area contributed by atoms with Gasteiger partial charge in [0, 0.05) is 5.02 Å². The summed E-state index contributed by atoms with van der Waals surface area (Å²) in [6.45, 7) is 7.78. The number of halogens is 1. The average molecular weight is 544 g/mol. The van der Waals surface area contributed by atoms with Crippen molar-refractivity contribution in [1.29, 1.82) is 0 Å². The molecule has 0 atom stereocenters. The molecule has 1 N–H and O–H groups in total. The number of hydrogen-bond donors (Lipinski definition) is 1. The van der Waals surface area contributed by atoms with E-state index in [4.69, 9.17) is 21.1 Å². The molecule has 10 heteroatoms. The Kier molecular flexibility index (Phi) is 9.54. The third-order valence-electron chi connectivity index (χ3n) is 5.37. The van der Waals surface area contributed by atoms with Gasteiger partial charge in [-0.2, -0.15) is 5.10 Å². The second-order valence-corrected chi connectivity index (χ2v) is 10.3. The molecule has 37 heavy (non-hydrogen) atoms. The third kappa shape index (κ3) is 7.02. The number of carbonyl (C=O) groups excluding carboxylic acids is 1. The molecule has 0 fully saturated rings. The Morgan fingerprint density at radius 3 is 2.35 bits per heavy atom. The fraction of sp³-hybridized carbons (Fsp3) is 0.259. The number of aryl methyl sites for hydroxylation is 1. The van der Waals surface area contributed by atoms with Crippen LogP contribution in [0.25, 0.3) is 0 Å². The van der Waals surface area contributed by atoms with Crippen LogP contribution in [-0.2, 0) is 14.8 Å². The monoisotopic (exact) mass is 543 g/mol. The van der Waals surface area contributed by atoms with E-state index in [0.717, 1.165) is 9.87 Å². The van der Waals surface area contributed by atoms with Crippen molar-refractivity contribution >= 4 is 39.4 Å². The zero-order valence-corrected chi connectivity index (χ0v) is 22.8. The quantitative estimate of drug-likeness (QED) is 0.268. The Morgan fingerprint density at radius 2 is 1.68 bits per heavy atom. The number of anilines is 1. The Hall–Kier alpha value is -3.56. The molecule has 0 unspecified atom stereocenters. The Balaban J connectivity index is 1.84. The average Bonchev–Trinajstić information content (AvgIpc) is 2.86. The fourth-order valence-electron chi connectivity index (χ4n) is 3.50. The van der Waals surface area contributed by atoms with Crippen molar-refractivity contribution in [3.05, 3.63) is 82.4 Å². The topological polar surface area (TPSA) is 97.3 Å². The summed E-state index contributed by atoms with van der Waals surface area (Å²) in [6.07, 6.45) is 1.44. The first-order valence-electron chi connectivity index (χ1n) is 11.7. The molecule has 8 nitrogen and oxygen atoms in total. The molecule has 0 radical (unpaired) electrons. The zero-order valence-electron chi connectivity index (χ0n) is 21.2. The van der Waals surface area contributed by atoms with Gasteiger partial charge in [-0.1, -0.05) is 35.4 Å². The van der Waals surface area contributed by atoms with E-state index in [1.165, 1.54) is 18.3 Å². The Bertz CT molecular complexity index is 1380. The van der Waals surface area contributed by atoms with E-state index in [0.29, 0.717) is 46.5 Å². The van der Waals surface area contributed by atoms with E-state index in [-0.39, 0.29) is 4.90 Å². The molecule has 0 bridgehead atoms. The number of nitrogens with zero attached hydrogens (tertiary/aromatic N) is 2. The standard InChI is InChI=1S/C27H30ClN3O5S/c1-5-35-25-15-12-21(16-26(25)36-6-2)17-29-30-27(32)18-31(24-9-7-8-23(28)20(24)4)37(33,34)22-13-10-19(3)11-14-22/h7-17H,5-6,18H2,1-4H3,(H,30,32)/b29-17-. The minimum Gasteiger partial charge on any atom is -0.490 e. The van der Waals surface area contributed by atoms with Crippen LogP contribution in [-0.4, -0.2) is 40.3 Å². The minimum atomic E-state index is -4.07. The highest BCUT2D eigenvalue weighted by atomic mass is 35.5. The molecule has 0 aromatic heterocycles. The van der Waals surface area contributed by atoms with Gasteiger partial charge in [0.25, 0.3) is 15.9 Å². The van der Waals surface area contributed by atoms with E-state index in [1.54, 1.807) is 55.5 Å². The number of hydrogen-bond acceptors (Lipinski definition) is 6. The number of hydrazone groups is 1. The number of amides is 1. The molecule has 0 saturated heterocycles. The van der Waals surface area contributed by atoms with Gasteiger partial charge in [0.05, 0.1) is 30.0 Å². The highest BCUT2D eigenvalue weighted by Crippen LogP contribution is 2.31. The van der Waals surface area contributed by atoms with Crippen LogP contribution in [0.2, 0.25) is 5.02 Å². The lowest BCUT2D eigenvalue weighted by molar-refractivity contribution is -0.119. The molecule has 1 amide bonds.